The molecule has 6 nitrogen and oxygen atoms in total. The third kappa shape index (κ3) is 5.17. The van der Waals surface area contributed by atoms with Crippen LogP contribution >= 0.6 is 0 Å². The van der Waals surface area contributed by atoms with Crippen molar-refractivity contribution in [3.63, 3.8) is 0 Å². The van der Waals surface area contributed by atoms with Crippen LogP contribution in [0.4, 0.5) is 4.79 Å². The lowest BCUT2D eigenvalue weighted by Crippen LogP contribution is -2.57. The van der Waals surface area contributed by atoms with E-state index in [1.54, 1.807) is 12.1 Å². The lowest BCUT2D eigenvalue weighted by atomic mass is 9.84. The zero-order valence-electron chi connectivity index (χ0n) is 17.4. The molecule has 2 heterocycles. The van der Waals surface area contributed by atoms with E-state index in [0.717, 1.165) is 44.8 Å². The van der Waals surface area contributed by atoms with Gasteiger partial charge in [0.2, 0.25) is 0 Å². The number of rotatable bonds is 4. The fraction of sp³-hybridized carbons (Fsp3) is 0.636. The molecule has 3 atom stereocenters. The Kier molecular flexibility index (Phi) is 6.14. The van der Waals surface area contributed by atoms with Crippen LogP contribution in [0.25, 0.3) is 0 Å². The number of ether oxygens (including phenoxy) is 2. The van der Waals surface area contributed by atoms with Crippen LogP contribution in [0, 0.1) is 23.2 Å². The maximum atomic E-state index is 12.5. The number of amides is 1. The van der Waals surface area contributed by atoms with Gasteiger partial charge < -0.3 is 14.4 Å². The summed E-state index contributed by atoms with van der Waals surface area (Å²) >= 11 is 0. The van der Waals surface area contributed by atoms with Crippen LogP contribution in [-0.4, -0.2) is 53.9 Å². The van der Waals surface area contributed by atoms with Crippen molar-refractivity contribution >= 4 is 6.09 Å². The number of nitriles is 1. The molecule has 2 fully saturated rings. The van der Waals surface area contributed by atoms with Crippen LogP contribution in [0.2, 0.25) is 0 Å². The van der Waals surface area contributed by atoms with Crippen molar-refractivity contribution < 1.29 is 14.3 Å². The Hall–Kier alpha value is -2.26. The molecule has 152 valence electrons. The van der Waals surface area contributed by atoms with E-state index in [0.29, 0.717) is 17.4 Å². The standard InChI is InChI=1S/C22H31N3O3/c1-5-20(27-19-8-6-16(11-23)7-9-19)24-12-17-10-18(13-24)15-25(14-17)21(26)28-22(2,3)4/h6-9,17-18,20H,5,10,12-15H2,1-4H3. The summed E-state index contributed by atoms with van der Waals surface area (Å²) < 4.78 is 11.8. The first kappa shape index (κ1) is 20.5. The van der Waals surface area contributed by atoms with E-state index in [-0.39, 0.29) is 12.3 Å². The van der Waals surface area contributed by atoms with E-state index in [1.807, 2.05) is 37.8 Å². The molecular formula is C22H31N3O3. The van der Waals surface area contributed by atoms with Gasteiger partial charge in [-0.1, -0.05) is 6.92 Å². The second-order valence-corrected chi connectivity index (χ2v) is 8.92. The molecule has 6 heteroatoms. The first-order valence-corrected chi connectivity index (χ1v) is 10.2. The summed E-state index contributed by atoms with van der Waals surface area (Å²) in [7, 11) is 0. The van der Waals surface area contributed by atoms with Gasteiger partial charge in [0.05, 0.1) is 11.6 Å². The van der Waals surface area contributed by atoms with Crippen molar-refractivity contribution in [2.45, 2.75) is 52.4 Å². The van der Waals surface area contributed by atoms with Crippen LogP contribution in [0.5, 0.6) is 5.75 Å². The number of piperidine rings is 2. The second kappa shape index (κ2) is 8.40. The SMILES string of the molecule is CCC(Oc1ccc(C#N)cc1)N1CC2CC(CN(C(=O)OC(C)(C)C)C2)C1. The number of hydrogen-bond acceptors (Lipinski definition) is 5. The van der Waals surface area contributed by atoms with E-state index in [9.17, 15) is 4.79 Å². The molecule has 2 aliphatic heterocycles. The summed E-state index contributed by atoms with van der Waals surface area (Å²) in [6, 6.07) is 9.41. The third-order valence-electron chi connectivity index (χ3n) is 5.27. The molecule has 0 N–H and O–H groups in total. The van der Waals surface area contributed by atoms with Gasteiger partial charge in [-0.3, -0.25) is 4.90 Å². The molecule has 1 aromatic rings. The molecule has 0 aromatic heterocycles. The average molecular weight is 386 g/mol. The highest BCUT2D eigenvalue weighted by molar-refractivity contribution is 5.68. The van der Waals surface area contributed by atoms with Crippen molar-refractivity contribution in [1.82, 2.24) is 9.80 Å². The minimum absolute atomic E-state index is 0.00584. The number of carbonyl (C=O) groups is 1. The lowest BCUT2D eigenvalue weighted by molar-refractivity contribution is -0.0555. The largest absolute Gasteiger partial charge is 0.475 e. The molecule has 2 aliphatic rings. The summed E-state index contributed by atoms with van der Waals surface area (Å²) in [6.07, 6.45) is 1.85. The zero-order valence-corrected chi connectivity index (χ0v) is 17.4. The Bertz CT molecular complexity index is 706. The number of hydrogen-bond donors (Lipinski definition) is 0. The smallest absolute Gasteiger partial charge is 0.410 e. The first-order chi connectivity index (χ1) is 13.3. The lowest BCUT2D eigenvalue weighted by Gasteiger charge is -2.47. The quantitative estimate of drug-likeness (QED) is 0.787. The van der Waals surface area contributed by atoms with Gasteiger partial charge in [0.15, 0.2) is 6.23 Å². The van der Waals surface area contributed by atoms with Gasteiger partial charge in [0, 0.05) is 26.2 Å². The van der Waals surface area contributed by atoms with Crippen molar-refractivity contribution in [3.8, 4) is 11.8 Å². The van der Waals surface area contributed by atoms with Gasteiger partial charge >= 0.3 is 6.09 Å². The van der Waals surface area contributed by atoms with Crippen molar-refractivity contribution in [3.05, 3.63) is 29.8 Å². The summed E-state index contributed by atoms with van der Waals surface area (Å²) in [4.78, 5) is 16.7. The van der Waals surface area contributed by atoms with Gasteiger partial charge in [0.1, 0.15) is 11.4 Å². The summed E-state index contributed by atoms with van der Waals surface area (Å²) in [5, 5.41) is 8.94. The van der Waals surface area contributed by atoms with Crippen LogP contribution in [0.15, 0.2) is 24.3 Å². The molecule has 2 bridgehead atoms. The van der Waals surface area contributed by atoms with Gasteiger partial charge in [-0.2, -0.15) is 5.26 Å². The molecule has 1 aromatic carbocycles. The van der Waals surface area contributed by atoms with Crippen LogP contribution in [0.3, 0.4) is 0 Å². The Morgan fingerprint density at radius 2 is 1.79 bits per heavy atom. The predicted molar refractivity (Wildman–Crippen MR) is 107 cm³/mol. The molecule has 28 heavy (non-hydrogen) atoms. The van der Waals surface area contributed by atoms with Gasteiger partial charge in [-0.05, 0) is 69.7 Å². The zero-order chi connectivity index (χ0) is 20.3. The predicted octanol–water partition coefficient (Wildman–Crippen LogP) is 3.86. The normalized spacial score (nSPS) is 23.6. The summed E-state index contributed by atoms with van der Waals surface area (Å²) in [6.45, 7) is 11.2. The van der Waals surface area contributed by atoms with Crippen molar-refractivity contribution in [2.24, 2.45) is 11.8 Å². The third-order valence-corrected chi connectivity index (χ3v) is 5.27. The van der Waals surface area contributed by atoms with E-state index < -0.39 is 5.60 Å². The molecule has 0 aliphatic carbocycles. The van der Waals surface area contributed by atoms with Gasteiger partial charge in [-0.15, -0.1) is 0 Å². The number of nitrogens with zero attached hydrogens (tertiary/aromatic N) is 3. The van der Waals surface area contributed by atoms with Gasteiger partial charge in [-0.25, -0.2) is 4.79 Å². The molecule has 0 saturated carbocycles. The Balaban J connectivity index is 1.60. The van der Waals surface area contributed by atoms with Crippen molar-refractivity contribution in [1.29, 1.82) is 5.26 Å². The van der Waals surface area contributed by atoms with Gasteiger partial charge in [0.25, 0.3) is 0 Å². The maximum absolute atomic E-state index is 12.5. The first-order valence-electron chi connectivity index (χ1n) is 10.2. The molecule has 0 radical (unpaired) electrons. The molecule has 0 spiro atoms. The molecule has 1 amide bonds. The van der Waals surface area contributed by atoms with E-state index in [1.165, 1.54) is 0 Å². The maximum Gasteiger partial charge on any atom is 0.410 e. The fourth-order valence-corrected chi connectivity index (χ4v) is 4.21. The fourth-order valence-electron chi connectivity index (χ4n) is 4.21. The van der Waals surface area contributed by atoms with E-state index >= 15 is 0 Å². The molecule has 3 rings (SSSR count). The highest BCUT2D eigenvalue weighted by atomic mass is 16.6. The van der Waals surface area contributed by atoms with E-state index in [2.05, 4.69) is 17.9 Å². The Labute approximate surface area is 168 Å². The van der Waals surface area contributed by atoms with Crippen molar-refractivity contribution in [2.75, 3.05) is 26.2 Å². The Morgan fingerprint density at radius 1 is 1.18 bits per heavy atom. The minimum Gasteiger partial charge on any atom is -0.475 e. The molecule has 2 saturated heterocycles. The monoisotopic (exact) mass is 385 g/mol. The topological polar surface area (TPSA) is 65.8 Å². The average Bonchev–Trinajstić information content (AvgIpc) is 2.64. The molecule has 3 unspecified atom stereocenters. The van der Waals surface area contributed by atoms with Crippen LogP contribution in [-0.2, 0) is 4.74 Å². The highest BCUT2D eigenvalue weighted by Gasteiger charge is 2.39. The summed E-state index contributed by atoms with van der Waals surface area (Å²) in [5.41, 5.74) is 0.174. The van der Waals surface area contributed by atoms with Crippen LogP contribution < -0.4 is 4.74 Å². The number of benzene rings is 1. The Morgan fingerprint density at radius 3 is 2.29 bits per heavy atom. The highest BCUT2D eigenvalue weighted by Crippen LogP contribution is 2.31. The number of likely N-dealkylation sites (tertiary alicyclic amines) is 2. The second-order valence-electron chi connectivity index (χ2n) is 8.92. The number of carbonyl (C=O) groups excluding carboxylic acids is 1. The number of fused-ring (bicyclic) bond motifs is 2. The summed E-state index contributed by atoms with van der Waals surface area (Å²) in [5.74, 6) is 1.68. The minimum atomic E-state index is -0.460. The molecular weight excluding hydrogens is 354 g/mol. The van der Waals surface area contributed by atoms with E-state index in [4.69, 9.17) is 14.7 Å². The van der Waals surface area contributed by atoms with Crippen LogP contribution in [0.1, 0.15) is 46.1 Å².